The fourth-order valence-corrected chi connectivity index (χ4v) is 2.71. The van der Waals surface area contributed by atoms with Gasteiger partial charge in [0.05, 0.1) is 6.61 Å². The number of rotatable bonds is 14. The second kappa shape index (κ2) is 12.3. The van der Waals surface area contributed by atoms with Gasteiger partial charge in [0, 0.05) is 13.5 Å². The molecule has 0 unspecified atom stereocenters. The summed E-state index contributed by atoms with van der Waals surface area (Å²) in [6, 6.07) is 13.5. The Hall–Kier alpha value is -2.07. The molecular formula is C22H30O4. The van der Waals surface area contributed by atoms with Crippen molar-refractivity contribution in [1.82, 2.24) is 0 Å². The lowest BCUT2D eigenvalue weighted by atomic mass is 10.1. The molecule has 0 saturated carbocycles. The molecule has 0 atom stereocenters. The third-order valence-corrected chi connectivity index (χ3v) is 4.20. The van der Waals surface area contributed by atoms with Crippen molar-refractivity contribution in [3.63, 3.8) is 0 Å². The molecule has 0 aliphatic heterocycles. The van der Waals surface area contributed by atoms with E-state index in [4.69, 9.17) is 13.9 Å². The molecule has 2 rings (SSSR count). The normalized spacial score (nSPS) is 10.8. The number of benzene rings is 1. The van der Waals surface area contributed by atoms with E-state index in [0.29, 0.717) is 18.1 Å². The zero-order valence-corrected chi connectivity index (χ0v) is 15.7. The van der Waals surface area contributed by atoms with Crippen LogP contribution in [0.3, 0.4) is 0 Å². The Morgan fingerprint density at radius 3 is 2.15 bits per heavy atom. The van der Waals surface area contributed by atoms with Crippen LogP contribution in [0.1, 0.15) is 68.2 Å². The summed E-state index contributed by atoms with van der Waals surface area (Å²) >= 11 is 0. The van der Waals surface area contributed by atoms with Gasteiger partial charge in [-0.2, -0.15) is 0 Å². The molecule has 4 nitrogen and oxygen atoms in total. The monoisotopic (exact) mass is 358 g/mol. The summed E-state index contributed by atoms with van der Waals surface area (Å²) < 4.78 is 16.7. The zero-order valence-electron chi connectivity index (χ0n) is 15.7. The smallest absolute Gasteiger partial charge is 0.194 e. The summed E-state index contributed by atoms with van der Waals surface area (Å²) in [5, 5.41) is 0. The molecule has 0 N–H and O–H groups in total. The number of ether oxygens (including phenoxy) is 2. The number of furan rings is 1. The highest BCUT2D eigenvalue weighted by molar-refractivity contribution is 5.91. The maximum absolute atomic E-state index is 11.1. The summed E-state index contributed by atoms with van der Waals surface area (Å²) in [6.45, 7) is 3.48. The molecule has 0 aliphatic rings. The number of ketones is 1. The van der Waals surface area contributed by atoms with Crippen LogP contribution in [-0.2, 0) is 11.3 Å². The SMILES string of the molecule is CC(=O)c1ccc(COCCCCCCCCCOc2ccccc2)o1. The van der Waals surface area contributed by atoms with Gasteiger partial charge in [0.25, 0.3) is 0 Å². The first-order valence-electron chi connectivity index (χ1n) is 9.61. The third kappa shape index (κ3) is 8.34. The van der Waals surface area contributed by atoms with E-state index in [1.165, 1.54) is 39.0 Å². The van der Waals surface area contributed by atoms with Gasteiger partial charge in [-0.1, -0.05) is 50.3 Å². The molecule has 2 aromatic rings. The highest BCUT2D eigenvalue weighted by Gasteiger charge is 2.05. The molecule has 1 heterocycles. The van der Waals surface area contributed by atoms with Crippen LogP contribution in [-0.4, -0.2) is 19.0 Å². The Morgan fingerprint density at radius 2 is 1.50 bits per heavy atom. The van der Waals surface area contributed by atoms with E-state index in [9.17, 15) is 4.79 Å². The van der Waals surface area contributed by atoms with E-state index in [1.807, 2.05) is 30.3 Å². The molecule has 0 aliphatic carbocycles. The maximum Gasteiger partial charge on any atom is 0.194 e. The summed E-state index contributed by atoms with van der Waals surface area (Å²) in [5.74, 6) is 2.02. The fourth-order valence-electron chi connectivity index (χ4n) is 2.71. The van der Waals surface area contributed by atoms with Crippen LogP contribution in [0.4, 0.5) is 0 Å². The van der Waals surface area contributed by atoms with Crippen molar-refractivity contribution in [3.8, 4) is 5.75 Å². The predicted molar refractivity (Wildman–Crippen MR) is 103 cm³/mol. The fraction of sp³-hybridized carbons (Fsp3) is 0.500. The summed E-state index contributed by atoms with van der Waals surface area (Å²) in [4.78, 5) is 11.1. The second-order valence-electron chi connectivity index (χ2n) is 6.51. The van der Waals surface area contributed by atoms with Crippen LogP contribution in [0, 0.1) is 0 Å². The van der Waals surface area contributed by atoms with Gasteiger partial charge in [-0.3, -0.25) is 4.79 Å². The number of unbranched alkanes of at least 4 members (excludes halogenated alkanes) is 6. The Morgan fingerprint density at radius 1 is 0.846 bits per heavy atom. The molecule has 0 fully saturated rings. The number of hydrogen-bond acceptors (Lipinski definition) is 4. The lowest BCUT2D eigenvalue weighted by Crippen LogP contribution is -1.97. The third-order valence-electron chi connectivity index (χ3n) is 4.20. The highest BCUT2D eigenvalue weighted by atomic mass is 16.5. The number of carbonyl (C=O) groups excluding carboxylic acids is 1. The van der Waals surface area contributed by atoms with Crippen LogP contribution < -0.4 is 4.74 Å². The molecule has 0 saturated heterocycles. The molecule has 26 heavy (non-hydrogen) atoms. The topological polar surface area (TPSA) is 48.7 Å². The lowest BCUT2D eigenvalue weighted by molar-refractivity contribution is 0.0934. The second-order valence-corrected chi connectivity index (χ2v) is 6.51. The maximum atomic E-state index is 11.1. The first-order valence-corrected chi connectivity index (χ1v) is 9.61. The Balaban J connectivity index is 1.35. The predicted octanol–water partition coefficient (Wildman–Crippen LogP) is 5.81. The quantitative estimate of drug-likeness (QED) is 0.316. The van der Waals surface area contributed by atoms with E-state index in [-0.39, 0.29) is 5.78 Å². The van der Waals surface area contributed by atoms with Crippen molar-refractivity contribution >= 4 is 5.78 Å². The van der Waals surface area contributed by atoms with Crippen molar-refractivity contribution in [1.29, 1.82) is 0 Å². The average Bonchev–Trinajstić information content (AvgIpc) is 3.13. The van der Waals surface area contributed by atoms with Gasteiger partial charge in [-0.05, 0) is 37.1 Å². The largest absolute Gasteiger partial charge is 0.494 e. The average molecular weight is 358 g/mol. The van der Waals surface area contributed by atoms with Gasteiger partial charge < -0.3 is 13.9 Å². The summed E-state index contributed by atoms with van der Waals surface area (Å²) in [5.41, 5.74) is 0. The van der Waals surface area contributed by atoms with Crippen LogP contribution in [0.15, 0.2) is 46.9 Å². The number of Topliss-reactive ketones (excluding diaryl/α,β-unsaturated/α-hetero) is 1. The number of para-hydroxylation sites is 1. The Bertz CT molecular complexity index is 618. The van der Waals surface area contributed by atoms with Crippen molar-refractivity contribution in [3.05, 3.63) is 54.0 Å². The Labute approximate surface area is 156 Å². The van der Waals surface area contributed by atoms with Gasteiger partial charge in [0.15, 0.2) is 11.5 Å². The van der Waals surface area contributed by atoms with Crippen LogP contribution in [0.25, 0.3) is 0 Å². The molecule has 0 radical (unpaired) electrons. The minimum atomic E-state index is -0.0529. The van der Waals surface area contributed by atoms with Gasteiger partial charge >= 0.3 is 0 Å². The van der Waals surface area contributed by atoms with E-state index < -0.39 is 0 Å². The molecule has 0 spiro atoms. The minimum Gasteiger partial charge on any atom is -0.494 e. The highest BCUT2D eigenvalue weighted by Crippen LogP contribution is 2.12. The molecule has 1 aromatic carbocycles. The Kier molecular flexibility index (Phi) is 9.59. The molecule has 142 valence electrons. The molecule has 4 heteroatoms. The van der Waals surface area contributed by atoms with E-state index in [0.717, 1.165) is 31.8 Å². The van der Waals surface area contributed by atoms with Crippen LogP contribution in [0.2, 0.25) is 0 Å². The standard InChI is InChI=1S/C22H30O4/c1-19(23)22-15-14-21(26-22)18-24-16-10-5-3-2-4-6-11-17-25-20-12-8-7-9-13-20/h7-9,12-15H,2-6,10-11,16-18H2,1H3. The van der Waals surface area contributed by atoms with E-state index >= 15 is 0 Å². The molecule has 1 aromatic heterocycles. The summed E-state index contributed by atoms with van der Waals surface area (Å²) in [6.07, 6.45) is 8.38. The van der Waals surface area contributed by atoms with Crippen molar-refractivity contribution in [2.45, 2.75) is 58.5 Å². The van der Waals surface area contributed by atoms with Crippen molar-refractivity contribution in [2.75, 3.05) is 13.2 Å². The van der Waals surface area contributed by atoms with Gasteiger partial charge in [-0.25, -0.2) is 0 Å². The minimum absolute atomic E-state index is 0.0529. The first-order chi connectivity index (χ1) is 12.8. The molecule has 0 amide bonds. The van der Waals surface area contributed by atoms with E-state index in [2.05, 4.69) is 0 Å². The molecular weight excluding hydrogens is 328 g/mol. The first kappa shape index (κ1) is 20.2. The van der Waals surface area contributed by atoms with Crippen molar-refractivity contribution < 1.29 is 18.7 Å². The lowest BCUT2D eigenvalue weighted by Gasteiger charge is -2.06. The van der Waals surface area contributed by atoms with Crippen LogP contribution in [0.5, 0.6) is 5.75 Å². The van der Waals surface area contributed by atoms with E-state index in [1.54, 1.807) is 12.1 Å². The molecule has 0 bridgehead atoms. The van der Waals surface area contributed by atoms with Gasteiger partial charge in [0.2, 0.25) is 0 Å². The van der Waals surface area contributed by atoms with Crippen LogP contribution >= 0.6 is 0 Å². The summed E-state index contributed by atoms with van der Waals surface area (Å²) in [7, 11) is 0. The number of carbonyl (C=O) groups is 1. The number of hydrogen-bond donors (Lipinski definition) is 0. The zero-order chi connectivity index (χ0) is 18.5. The van der Waals surface area contributed by atoms with Crippen molar-refractivity contribution in [2.24, 2.45) is 0 Å². The van der Waals surface area contributed by atoms with Gasteiger partial charge in [-0.15, -0.1) is 0 Å². The van der Waals surface area contributed by atoms with Gasteiger partial charge in [0.1, 0.15) is 18.1 Å².